The fourth-order valence-electron chi connectivity index (χ4n) is 0.487. The minimum Gasteiger partial charge on any atom is -0.0623 e. The maximum atomic E-state index is 9.38. The molecule has 0 aliphatic heterocycles. The Hall–Kier alpha value is 1.23. The van der Waals surface area contributed by atoms with E-state index in [9.17, 15) is 23.5 Å². The minimum atomic E-state index is -6.07. The topological polar surface area (TPSA) is 198 Å². The van der Waals surface area contributed by atoms with Crippen molar-refractivity contribution in [2.75, 3.05) is 0 Å². The van der Waals surface area contributed by atoms with Crippen LogP contribution in [-0.4, -0.2) is 17.5 Å². The molecule has 0 spiro atoms. The molecule has 0 aromatic heterocycles. The monoisotopic (exact) mass is 438 g/mol. The van der Waals surface area contributed by atoms with E-state index in [1.165, 1.54) is 0 Å². The fraction of sp³-hybridized carbons (Fsp3) is 0. The van der Waals surface area contributed by atoms with Crippen molar-refractivity contribution in [3.8, 4) is 0 Å². The van der Waals surface area contributed by atoms with Gasteiger partial charge in [0.25, 0.3) is 0 Å². The van der Waals surface area contributed by atoms with Crippen LogP contribution in [0.3, 0.4) is 0 Å². The van der Waals surface area contributed by atoms with Crippen molar-refractivity contribution < 1.29 is 130 Å². The second-order valence-electron chi connectivity index (χ2n) is 2.49. The number of hydrogen-bond donors (Lipinski definition) is 2. The largest absolute Gasteiger partial charge is 0.0623 e. The Morgan fingerprint density at radius 2 is 0.864 bits per heavy atom. The van der Waals surface area contributed by atoms with E-state index < -0.39 is 37.6 Å². The van der Waals surface area contributed by atoms with Gasteiger partial charge in [0.15, 0.2) is 0 Å². The van der Waals surface area contributed by atoms with Crippen molar-refractivity contribution in [3.63, 3.8) is 0 Å². The SMILES string of the molecule is O=S(=O)(O)O.[Na+].[Na+].[O]=[Cr](=[O])([O-])[O][Cr](=[O])(=[O])[O-].c1ccccc1. The Labute approximate surface area is 175 Å². The molecule has 11 nitrogen and oxygen atoms in total. The third-order valence-corrected chi connectivity index (χ3v) is 3.50. The van der Waals surface area contributed by atoms with Crippen molar-refractivity contribution in [2.24, 2.45) is 0 Å². The summed E-state index contributed by atoms with van der Waals surface area (Å²) in [6.45, 7) is 0. The van der Waals surface area contributed by atoms with Gasteiger partial charge in [0.1, 0.15) is 0 Å². The van der Waals surface area contributed by atoms with E-state index in [4.69, 9.17) is 17.5 Å². The van der Waals surface area contributed by atoms with Crippen LogP contribution in [0.1, 0.15) is 0 Å². The van der Waals surface area contributed by atoms with E-state index >= 15 is 0 Å². The molecule has 0 bridgehead atoms. The van der Waals surface area contributed by atoms with Crippen molar-refractivity contribution >= 4 is 10.4 Å². The second kappa shape index (κ2) is 14.6. The fourth-order valence-corrected chi connectivity index (χ4v) is 2.12. The zero-order valence-corrected chi connectivity index (χ0v) is 18.6. The number of benzene rings is 1. The van der Waals surface area contributed by atoms with Crippen LogP contribution in [0.5, 0.6) is 0 Å². The first kappa shape index (κ1) is 31.0. The van der Waals surface area contributed by atoms with Crippen LogP contribution in [0.25, 0.3) is 0 Å². The van der Waals surface area contributed by atoms with Crippen molar-refractivity contribution in [1.82, 2.24) is 0 Å². The van der Waals surface area contributed by atoms with Crippen LogP contribution in [0.4, 0.5) is 0 Å². The van der Waals surface area contributed by atoms with Crippen molar-refractivity contribution in [1.29, 1.82) is 0 Å². The molecule has 0 unspecified atom stereocenters. The van der Waals surface area contributed by atoms with Gasteiger partial charge in [-0.1, -0.05) is 36.4 Å². The van der Waals surface area contributed by atoms with Crippen molar-refractivity contribution in [3.05, 3.63) is 36.4 Å². The van der Waals surface area contributed by atoms with E-state index in [0.717, 1.165) is 0 Å². The summed E-state index contributed by atoms with van der Waals surface area (Å²) in [5, 5.41) is 0. The first-order valence-corrected chi connectivity index (χ1v) is 9.59. The summed E-state index contributed by atoms with van der Waals surface area (Å²) in [7, 11) is -4.67. The molecular formula is C6H8Cr2Na2O11S. The van der Waals surface area contributed by atoms with Gasteiger partial charge in [-0.3, -0.25) is 9.11 Å². The van der Waals surface area contributed by atoms with E-state index in [2.05, 4.69) is 2.84 Å². The van der Waals surface area contributed by atoms with E-state index in [-0.39, 0.29) is 59.1 Å². The summed E-state index contributed by atoms with van der Waals surface area (Å²) in [6.07, 6.45) is 0. The van der Waals surface area contributed by atoms with Crippen LogP contribution in [0, 0.1) is 0 Å². The molecule has 2 N–H and O–H groups in total. The Morgan fingerprint density at radius 1 is 0.727 bits per heavy atom. The molecule has 0 saturated carbocycles. The summed E-state index contributed by atoms with van der Waals surface area (Å²) in [5.74, 6) is 0. The van der Waals surface area contributed by atoms with Gasteiger partial charge in [0.2, 0.25) is 0 Å². The van der Waals surface area contributed by atoms with Gasteiger partial charge < -0.3 is 0 Å². The van der Waals surface area contributed by atoms with Gasteiger partial charge in [0, 0.05) is 0 Å². The maximum Gasteiger partial charge on any atom is -0.0623 e. The van der Waals surface area contributed by atoms with Gasteiger partial charge in [-0.2, -0.15) is 8.42 Å². The summed E-state index contributed by atoms with van der Waals surface area (Å²) in [6, 6.07) is 12.0. The minimum absolute atomic E-state index is 0. The Morgan fingerprint density at radius 3 is 0.909 bits per heavy atom. The zero-order valence-electron chi connectivity index (χ0n) is 11.3. The van der Waals surface area contributed by atoms with Crippen molar-refractivity contribution in [2.45, 2.75) is 0 Å². The quantitative estimate of drug-likeness (QED) is 0.328. The molecule has 0 atom stereocenters. The van der Waals surface area contributed by atoms with Crippen LogP contribution in [0.15, 0.2) is 36.4 Å². The Bertz CT molecular complexity index is 606. The number of hydrogen-bond acceptors (Lipinski definition) is 9. The predicted octanol–water partition coefficient (Wildman–Crippen LogP) is -7.88. The van der Waals surface area contributed by atoms with Crippen LogP contribution in [0.2, 0.25) is 0 Å². The molecule has 22 heavy (non-hydrogen) atoms. The molecular weight excluding hydrogens is 430 g/mol. The molecule has 1 aromatic carbocycles. The summed E-state index contributed by atoms with van der Waals surface area (Å²) in [4.78, 5) is 0. The standard InChI is InChI=1S/C6H6.2Cr.2Na.H2O4S.7O/c1-2-4-6-5-3-1;;;;;1-5(2,3)4;;;;;;;/h1-6H;;;;;(H2,1,2,3,4);;;;;;;/q;;;2*+1;;;;;;;2*-1. The molecule has 16 heteroatoms. The predicted molar refractivity (Wildman–Crippen MR) is 44.5 cm³/mol. The summed E-state index contributed by atoms with van der Waals surface area (Å²) >= 11 is -12.1. The first-order valence-electron chi connectivity index (χ1n) is 4.03. The molecule has 1 rings (SSSR count). The second-order valence-corrected chi connectivity index (χ2v) is 7.02. The van der Waals surface area contributed by atoms with Gasteiger partial charge in [-0.15, -0.1) is 0 Å². The third kappa shape index (κ3) is 49.6. The smallest absolute Gasteiger partial charge is 0.0623 e. The van der Waals surface area contributed by atoms with Crippen LogP contribution < -0.4 is 67.4 Å². The normalized spacial score (nSPS) is 10.4. The van der Waals surface area contributed by atoms with E-state index in [0.29, 0.717) is 0 Å². The van der Waals surface area contributed by atoms with Gasteiger partial charge in [-0.25, -0.2) is 0 Å². The molecule has 1 aromatic rings. The molecule has 0 aliphatic rings. The van der Waals surface area contributed by atoms with Gasteiger partial charge >= 0.3 is 123 Å². The Kier molecular flexibility index (Phi) is 20.6. The molecule has 0 amide bonds. The van der Waals surface area contributed by atoms with Gasteiger partial charge in [-0.05, 0) is 0 Å². The summed E-state index contributed by atoms with van der Waals surface area (Å²) < 4.78 is 90.5. The molecule has 0 heterocycles. The number of rotatable bonds is 2. The maximum absolute atomic E-state index is 9.38. The average Bonchev–Trinajstić information content (AvgIpc) is 2.12. The zero-order chi connectivity index (χ0) is 16.4. The first-order chi connectivity index (χ1) is 8.71. The summed E-state index contributed by atoms with van der Waals surface area (Å²) in [5.41, 5.74) is 0. The molecule has 0 saturated heterocycles. The third-order valence-electron chi connectivity index (χ3n) is 0.833. The molecule has 0 fully saturated rings. The molecule has 0 radical (unpaired) electrons. The Balaban J connectivity index is -0.000000110. The van der Waals surface area contributed by atoms with Crippen LogP contribution >= 0.6 is 0 Å². The van der Waals surface area contributed by atoms with Crippen LogP contribution in [-0.2, 0) is 55.7 Å². The molecule has 0 aliphatic carbocycles. The van der Waals surface area contributed by atoms with E-state index in [1.54, 1.807) is 0 Å². The molecule has 118 valence electrons. The average molecular weight is 438 g/mol. The van der Waals surface area contributed by atoms with Gasteiger partial charge in [0.05, 0.1) is 0 Å². The van der Waals surface area contributed by atoms with E-state index in [1.807, 2.05) is 36.4 Å².